The van der Waals surface area contributed by atoms with E-state index < -0.39 is 88.7 Å². The molecule has 0 aromatic carbocycles. The Kier molecular flexibility index (Phi) is 14.2. The van der Waals surface area contributed by atoms with Crippen molar-refractivity contribution in [2.45, 2.75) is 129 Å². The first-order valence-corrected chi connectivity index (χ1v) is 22.3. The number of likely N-dealkylation sites (N-methyl/N-ethyl adjacent to an activating group) is 1. The number of aliphatic hydroxyl groups excluding tert-OH is 1. The van der Waals surface area contributed by atoms with Crippen LogP contribution in [0.25, 0.3) is 10.6 Å². The molecule has 332 valence electrons. The minimum absolute atomic E-state index is 0.0596. The van der Waals surface area contributed by atoms with E-state index in [4.69, 9.17) is 23.7 Å². The highest BCUT2D eigenvalue weighted by Crippen LogP contribution is 2.56. The molecule has 4 aliphatic rings. The lowest BCUT2D eigenvalue weighted by molar-refractivity contribution is -0.296. The van der Waals surface area contributed by atoms with Crippen LogP contribution < -0.4 is 0 Å². The average Bonchev–Trinajstić information content (AvgIpc) is 3.91. The number of carbonyl (C=O) groups is 4. The van der Waals surface area contributed by atoms with Crippen molar-refractivity contribution >= 4 is 34.8 Å². The number of aromatic nitrogens is 1. The molecular weight excluding hydrogens is 799 g/mol. The Morgan fingerprint density at radius 3 is 2.48 bits per heavy atom. The van der Waals surface area contributed by atoms with Crippen molar-refractivity contribution in [3.63, 3.8) is 0 Å². The molecule has 0 amide bonds. The Bertz CT molecular complexity index is 2010. The van der Waals surface area contributed by atoms with Crippen LogP contribution in [0.2, 0.25) is 0 Å². The van der Waals surface area contributed by atoms with Gasteiger partial charge in [0, 0.05) is 48.5 Å². The highest BCUT2D eigenvalue weighted by Gasteiger charge is 2.71. The summed E-state index contributed by atoms with van der Waals surface area (Å²) in [5.41, 5.74) is -3.11. The largest absolute Gasteiger partial charge is 0.458 e. The predicted molar refractivity (Wildman–Crippen MR) is 230 cm³/mol. The maximum absolute atomic E-state index is 15.3. The third-order valence-corrected chi connectivity index (χ3v) is 14.5. The number of hydrogen-bond donors (Lipinski definition) is 1. The molecule has 0 spiro atoms. The summed E-state index contributed by atoms with van der Waals surface area (Å²) in [6, 6.07) is 8.50. The van der Waals surface area contributed by atoms with E-state index >= 15 is 4.79 Å². The minimum Gasteiger partial charge on any atom is -0.458 e. The molecule has 6 heterocycles. The summed E-state index contributed by atoms with van der Waals surface area (Å²) in [5, 5.41) is 11.7. The van der Waals surface area contributed by atoms with E-state index in [2.05, 4.69) is 23.4 Å². The lowest BCUT2D eigenvalue weighted by Gasteiger charge is -2.48. The van der Waals surface area contributed by atoms with Gasteiger partial charge in [0.15, 0.2) is 17.7 Å². The number of esters is 2. The van der Waals surface area contributed by atoms with Crippen LogP contribution >= 0.6 is 11.3 Å². The molecule has 2 aromatic heterocycles. The SMILES string of the molecule is C=CCN1CC2(C)C(=O)[C@H](C)C[C@](C)(OCC#Cc3ccc(-c4ccccn4)s3)[C@H](O[C@@H]3O[C@H](C)C[C@H](N(C)C)[C@H]3O)[C@@H](C)C(=O)[C@@H](C)C(=O)O[C@H](CC)[C@@]3(C)OC(=O)C1C23. The summed E-state index contributed by atoms with van der Waals surface area (Å²) in [6.45, 7) is 18.5. The quantitative estimate of drug-likeness (QED) is 0.150. The van der Waals surface area contributed by atoms with E-state index in [0.29, 0.717) is 13.0 Å². The Balaban J connectivity index is 1.44. The Labute approximate surface area is 364 Å². The number of rotatable bonds is 9. The van der Waals surface area contributed by atoms with Gasteiger partial charge in [-0.15, -0.1) is 17.9 Å². The highest BCUT2D eigenvalue weighted by molar-refractivity contribution is 7.16. The smallest absolute Gasteiger partial charge is 0.324 e. The molecule has 2 aromatic rings. The van der Waals surface area contributed by atoms with Crippen LogP contribution in [-0.2, 0) is 42.9 Å². The van der Waals surface area contributed by atoms with Crippen molar-refractivity contribution in [2.24, 2.45) is 29.1 Å². The monoisotopic (exact) mass is 861 g/mol. The molecule has 4 saturated heterocycles. The summed E-state index contributed by atoms with van der Waals surface area (Å²) >= 11 is 1.50. The van der Waals surface area contributed by atoms with Gasteiger partial charge in [-0.3, -0.25) is 29.1 Å². The zero-order valence-electron chi connectivity index (χ0n) is 37.2. The number of Topliss-reactive ketones (excluding diaryl/α,β-unsaturated/α-hetero) is 2. The summed E-state index contributed by atoms with van der Waals surface area (Å²) < 4.78 is 32.2. The molecule has 1 N–H and O–H groups in total. The molecular formula is C47H63N3O10S. The van der Waals surface area contributed by atoms with Crippen LogP contribution in [0.4, 0.5) is 0 Å². The second kappa shape index (κ2) is 18.5. The molecule has 4 aliphatic heterocycles. The molecule has 61 heavy (non-hydrogen) atoms. The van der Waals surface area contributed by atoms with Gasteiger partial charge in [-0.2, -0.15) is 0 Å². The van der Waals surface area contributed by atoms with Crippen molar-refractivity contribution in [3.05, 3.63) is 54.1 Å². The molecule has 0 radical (unpaired) electrons. The molecule has 0 bridgehead atoms. The van der Waals surface area contributed by atoms with Gasteiger partial charge in [-0.1, -0.05) is 51.7 Å². The Morgan fingerprint density at radius 1 is 1.08 bits per heavy atom. The third kappa shape index (κ3) is 9.03. The number of aliphatic hydroxyl groups is 1. The fraction of sp³-hybridized carbons (Fsp3) is 0.638. The summed E-state index contributed by atoms with van der Waals surface area (Å²) in [6.07, 6.45) is -0.370. The number of cyclic esters (lactones) is 1. The van der Waals surface area contributed by atoms with E-state index in [1.54, 1.807) is 33.0 Å². The van der Waals surface area contributed by atoms with E-state index in [9.17, 15) is 19.5 Å². The van der Waals surface area contributed by atoms with Gasteiger partial charge < -0.3 is 33.7 Å². The second-order valence-electron chi connectivity index (χ2n) is 18.3. The van der Waals surface area contributed by atoms with E-state index in [-0.39, 0.29) is 43.9 Å². The zero-order valence-corrected chi connectivity index (χ0v) is 38.0. The average molecular weight is 862 g/mol. The maximum atomic E-state index is 15.3. The highest BCUT2D eigenvalue weighted by atomic mass is 32.1. The number of pyridine rings is 1. The van der Waals surface area contributed by atoms with Gasteiger partial charge in [0.25, 0.3) is 0 Å². The Morgan fingerprint density at radius 2 is 1.82 bits per heavy atom. The number of carbonyl (C=O) groups excluding carboxylic acids is 4. The maximum Gasteiger partial charge on any atom is 0.324 e. The van der Waals surface area contributed by atoms with Crippen molar-refractivity contribution in [1.82, 2.24) is 14.8 Å². The van der Waals surface area contributed by atoms with Crippen molar-refractivity contribution in [3.8, 4) is 22.4 Å². The van der Waals surface area contributed by atoms with E-state index in [1.165, 1.54) is 18.3 Å². The number of likely N-dealkylation sites (tertiary alicyclic amines) is 1. The number of ketones is 2. The topological polar surface area (TPSA) is 154 Å². The summed E-state index contributed by atoms with van der Waals surface area (Å²) in [4.78, 5) is 68.0. The molecule has 6 rings (SSSR count). The van der Waals surface area contributed by atoms with Gasteiger partial charge in [0.2, 0.25) is 0 Å². The van der Waals surface area contributed by atoms with Gasteiger partial charge >= 0.3 is 11.9 Å². The van der Waals surface area contributed by atoms with Crippen molar-refractivity contribution in [2.75, 3.05) is 33.8 Å². The van der Waals surface area contributed by atoms with Gasteiger partial charge in [-0.25, -0.2) is 0 Å². The summed E-state index contributed by atoms with van der Waals surface area (Å²) in [5.74, 6) is 0.720. The number of thiophene rings is 1. The van der Waals surface area contributed by atoms with Crippen molar-refractivity contribution < 1.29 is 48.0 Å². The number of hydrogen-bond acceptors (Lipinski definition) is 14. The van der Waals surface area contributed by atoms with Crippen LogP contribution in [0.5, 0.6) is 0 Å². The van der Waals surface area contributed by atoms with Gasteiger partial charge in [0.1, 0.15) is 36.6 Å². The van der Waals surface area contributed by atoms with Crippen LogP contribution in [-0.4, -0.2) is 131 Å². The summed E-state index contributed by atoms with van der Waals surface area (Å²) in [7, 11) is 3.75. The standard InChI is InChI=1S/C47H63N3O10S/c1-12-22-50-26-45(7)39-36(50)43(55)60-47(39,9)35(13-2)58-42(54)30(6)37(51)29(5)41(59-44-38(52)33(49(10)11)24-28(4)57-44)46(8,25-27(3)40(45)53)56-23-16-17-31-19-20-34(61-31)32-18-14-15-21-48-32/h12,14-15,18-21,27-30,33,35-36,38-39,41,44,52H,1,13,22-26H2,2-11H3/t27-,28-,29+,30-,33+,35-,36?,38-,39?,41-,44+,45?,46+,47-/m1/s1. The van der Waals surface area contributed by atoms with Crippen LogP contribution in [0.1, 0.15) is 79.5 Å². The molecule has 0 aliphatic carbocycles. The molecule has 14 atom stereocenters. The van der Waals surface area contributed by atoms with E-state index in [1.807, 2.05) is 81.9 Å². The Hall–Kier alpha value is -3.81. The van der Waals surface area contributed by atoms with Gasteiger partial charge in [-0.05, 0) is 85.3 Å². The first-order chi connectivity index (χ1) is 28.8. The first-order valence-electron chi connectivity index (χ1n) is 21.4. The molecule has 0 saturated carbocycles. The third-order valence-electron chi connectivity index (χ3n) is 13.5. The molecule has 4 fully saturated rings. The van der Waals surface area contributed by atoms with Crippen molar-refractivity contribution in [1.29, 1.82) is 0 Å². The predicted octanol–water partition coefficient (Wildman–Crippen LogP) is 5.33. The first kappa shape index (κ1) is 46.7. The molecule has 13 nitrogen and oxygen atoms in total. The van der Waals surface area contributed by atoms with E-state index in [0.717, 1.165) is 15.4 Å². The lowest BCUT2D eigenvalue weighted by atomic mass is 9.62. The van der Waals surface area contributed by atoms with Crippen LogP contribution in [0.3, 0.4) is 0 Å². The fourth-order valence-corrected chi connectivity index (χ4v) is 11.4. The number of ether oxygens (including phenoxy) is 5. The van der Waals surface area contributed by atoms with Crippen LogP contribution in [0.15, 0.2) is 49.2 Å². The minimum atomic E-state index is -1.43. The zero-order chi connectivity index (χ0) is 44.6. The number of nitrogens with zero attached hydrogens (tertiary/aromatic N) is 3. The molecule has 14 heteroatoms. The second-order valence-corrected chi connectivity index (χ2v) is 19.4. The lowest BCUT2D eigenvalue weighted by Crippen LogP contribution is -2.60. The van der Waals surface area contributed by atoms with Gasteiger partial charge in [0.05, 0.1) is 33.3 Å². The molecule has 3 unspecified atom stereocenters. The normalized spacial score (nSPS) is 38.6. The van der Waals surface area contributed by atoms with Crippen LogP contribution in [0, 0.1) is 40.9 Å². The fourth-order valence-electron chi connectivity index (χ4n) is 10.6.